The molecular formula is C13H17NO2S. The smallest absolute Gasteiger partial charge is 0.268 e. The van der Waals surface area contributed by atoms with Gasteiger partial charge in [0, 0.05) is 6.54 Å². The molecule has 0 fully saturated rings. The second-order valence-corrected chi connectivity index (χ2v) is 5.40. The first-order valence-corrected chi connectivity index (χ1v) is 6.73. The summed E-state index contributed by atoms with van der Waals surface area (Å²) in [6.45, 7) is 2.55. The van der Waals surface area contributed by atoms with E-state index in [1.807, 2.05) is 28.2 Å². The Kier molecular flexibility index (Phi) is 3.97. The minimum Gasteiger partial charge on any atom is -0.393 e. The van der Waals surface area contributed by atoms with Crippen LogP contribution < -0.4 is 5.56 Å². The Morgan fingerprint density at radius 3 is 2.82 bits per heavy atom. The van der Waals surface area contributed by atoms with E-state index in [4.69, 9.17) is 5.11 Å². The van der Waals surface area contributed by atoms with E-state index in [1.165, 1.54) is 11.5 Å². The highest BCUT2D eigenvalue weighted by atomic mass is 32.1. The number of aliphatic hydroxyl groups excluding tert-OH is 1. The molecule has 0 saturated carbocycles. The molecule has 1 N–H and O–H groups in total. The molecule has 0 aliphatic carbocycles. The van der Waals surface area contributed by atoms with Crippen LogP contribution in [0.25, 0.3) is 10.1 Å². The molecule has 4 heteroatoms. The number of unbranched alkanes of at least 4 members (excludes halogenated alkanes) is 1. The van der Waals surface area contributed by atoms with Crippen LogP contribution in [0.15, 0.2) is 29.1 Å². The number of hydrogen-bond donors (Lipinski definition) is 1. The third-order valence-corrected chi connectivity index (χ3v) is 3.91. The normalized spacial score (nSPS) is 13.1. The predicted octanol–water partition coefficient (Wildman–Crippen LogP) is 2.61. The summed E-state index contributed by atoms with van der Waals surface area (Å²) in [5.41, 5.74) is 0.114. The van der Waals surface area contributed by atoms with Crippen molar-refractivity contribution >= 4 is 21.6 Å². The molecule has 1 aromatic heterocycles. The van der Waals surface area contributed by atoms with Crippen molar-refractivity contribution < 1.29 is 5.11 Å². The molecule has 0 aliphatic rings. The van der Waals surface area contributed by atoms with Gasteiger partial charge in [-0.1, -0.05) is 23.7 Å². The average Bonchev–Trinajstić information content (AvgIpc) is 2.63. The number of hydrogen-bond acceptors (Lipinski definition) is 3. The SMILES string of the molecule is C[C@@H](O)CCCCn1sc2ccccc2c1=O. The summed E-state index contributed by atoms with van der Waals surface area (Å²) in [4.78, 5) is 12.0. The number of nitrogens with zero attached hydrogens (tertiary/aromatic N) is 1. The van der Waals surface area contributed by atoms with E-state index in [0.29, 0.717) is 0 Å². The number of aromatic nitrogens is 1. The summed E-state index contributed by atoms with van der Waals surface area (Å²) in [7, 11) is 0. The maximum absolute atomic E-state index is 12.0. The lowest BCUT2D eigenvalue weighted by Gasteiger charge is -2.03. The summed E-state index contributed by atoms with van der Waals surface area (Å²) in [6, 6.07) is 7.71. The second kappa shape index (κ2) is 5.47. The van der Waals surface area contributed by atoms with Gasteiger partial charge in [0.1, 0.15) is 0 Å². The summed E-state index contributed by atoms with van der Waals surface area (Å²) < 4.78 is 2.86. The van der Waals surface area contributed by atoms with Crippen LogP contribution in [0.1, 0.15) is 26.2 Å². The molecule has 2 aromatic rings. The van der Waals surface area contributed by atoms with Crippen LogP contribution in [0.3, 0.4) is 0 Å². The molecule has 0 unspecified atom stereocenters. The molecule has 0 radical (unpaired) electrons. The third-order valence-electron chi connectivity index (χ3n) is 2.79. The van der Waals surface area contributed by atoms with Crippen molar-refractivity contribution in [3.8, 4) is 0 Å². The van der Waals surface area contributed by atoms with Crippen molar-refractivity contribution in [3.63, 3.8) is 0 Å². The van der Waals surface area contributed by atoms with Gasteiger partial charge in [-0.25, -0.2) is 0 Å². The van der Waals surface area contributed by atoms with Crippen molar-refractivity contribution in [2.24, 2.45) is 0 Å². The third kappa shape index (κ3) is 2.96. The van der Waals surface area contributed by atoms with Crippen LogP contribution in [0, 0.1) is 0 Å². The van der Waals surface area contributed by atoms with Crippen molar-refractivity contribution in [1.29, 1.82) is 0 Å². The highest BCUT2D eigenvalue weighted by molar-refractivity contribution is 7.13. The Hall–Kier alpha value is -1.13. The molecule has 2 rings (SSSR count). The Bertz CT molecular complexity index is 542. The second-order valence-electron chi connectivity index (χ2n) is 4.34. The standard InChI is InChI=1S/C13H17NO2S/c1-10(15)6-4-5-9-14-13(16)11-7-2-3-8-12(11)17-14/h2-3,7-8,10,15H,4-6,9H2,1H3/t10-/m1/s1. The van der Waals surface area contributed by atoms with Gasteiger partial charge in [0.2, 0.25) is 0 Å². The fourth-order valence-corrected chi connectivity index (χ4v) is 2.89. The lowest BCUT2D eigenvalue weighted by Crippen LogP contribution is -2.13. The first-order chi connectivity index (χ1) is 8.18. The number of fused-ring (bicyclic) bond motifs is 1. The first-order valence-electron chi connectivity index (χ1n) is 5.95. The zero-order chi connectivity index (χ0) is 12.3. The van der Waals surface area contributed by atoms with Gasteiger partial charge in [-0.15, -0.1) is 0 Å². The van der Waals surface area contributed by atoms with Crippen molar-refractivity contribution in [1.82, 2.24) is 3.96 Å². The quantitative estimate of drug-likeness (QED) is 0.830. The molecule has 3 nitrogen and oxygen atoms in total. The summed E-state index contributed by atoms with van der Waals surface area (Å²) >= 11 is 1.52. The van der Waals surface area contributed by atoms with Crippen LogP contribution >= 0.6 is 11.5 Å². The number of benzene rings is 1. The molecule has 92 valence electrons. The van der Waals surface area contributed by atoms with Gasteiger partial charge >= 0.3 is 0 Å². The zero-order valence-electron chi connectivity index (χ0n) is 9.93. The topological polar surface area (TPSA) is 42.2 Å². The van der Waals surface area contributed by atoms with Crippen molar-refractivity contribution in [2.45, 2.75) is 38.8 Å². The molecule has 1 atom stereocenters. The summed E-state index contributed by atoms with van der Waals surface area (Å²) in [5, 5.41) is 9.97. The summed E-state index contributed by atoms with van der Waals surface area (Å²) in [6.07, 6.45) is 2.46. The van der Waals surface area contributed by atoms with Crippen LogP contribution in [0.4, 0.5) is 0 Å². The van der Waals surface area contributed by atoms with Gasteiger partial charge in [-0.05, 0) is 38.3 Å². The summed E-state index contributed by atoms with van der Waals surface area (Å²) in [5.74, 6) is 0. The van der Waals surface area contributed by atoms with E-state index in [1.54, 1.807) is 6.92 Å². The fourth-order valence-electron chi connectivity index (χ4n) is 1.86. The number of rotatable bonds is 5. The highest BCUT2D eigenvalue weighted by Crippen LogP contribution is 2.16. The Morgan fingerprint density at radius 2 is 2.12 bits per heavy atom. The maximum atomic E-state index is 12.0. The molecule has 0 bridgehead atoms. The van der Waals surface area contributed by atoms with Crippen LogP contribution in [0.2, 0.25) is 0 Å². The molecular weight excluding hydrogens is 234 g/mol. The van der Waals surface area contributed by atoms with E-state index in [0.717, 1.165) is 35.9 Å². The monoisotopic (exact) mass is 251 g/mol. The van der Waals surface area contributed by atoms with E-state index in [9.17, 15) is 4.79 Å². The highest BCUT2D eigenvalue weighted by Gasteiger charge is 2.06. The van der Waals surface area contributed by atoms with Gasteiger partial charge in [-0.2, -0.15) is 0 Å². The minimum atomic E-state index is -0.242. The molecule has 0 spiro atoms. The largest absolute Gasteiger partial charge is 0.393 e. The average molecular weight is 251 g/mol. The lowest BCUT2D eigenvalue weighted by atomic mass is 10.2. The Labute approximate surface area is 104 Å². The van der Waals surface area contributed by atoms with E-state index >= 15 is 0 Å². The molecule has 17 heavy (non-hydrogen) atoms. The van der Waals surface area contributed by atoms with E-state index in [-0.39, 0.29) is 11.7 Å². The zero-order valence-corrected chi connectivity index (χ0v) is 10.7. The fraction of sp³-hybridized carbons (Fsp3) is 0.462. The van der Waals surface area contributed by atoms with Crippen molar-refractivity contribution in [3.05, 3.63) is 34.6 Å². The van der Waals surface area contributed by atoms with Gasteiger partial charge in [0.05, 0.1) is 16.2 Å². The molecule has 1 heterocycles. The first kappa shape index (κ1) is 12.3. The van der Waals surface area contributed by atoms with Crippen molar-refractivity contribution in [2.75, 3.05) is 0 Å². The van der Waals surface area contributed by atoms with E-state index < -0.39 is 0 Å². The van der Waals surface area contributed by atoms with Crippen LogP contribution in [-0.4, -0.2) is 15.2 Å². The molecule has 1 aromatic carbocycles. The van der Waals surface area contributed by atoms with Crippen LogP contribution in [-0.2, 0) is 6.54 Å². The van der Waals surface area contributed by atoms with E-state index in [2.05, 4.69) is 0 Å². The predicted molar refractivity (Wildman–Crippen MR) is 71.6 cm³/mol. The molecule has 0 amide bonds. The lowest BCUT2D eigenvalue weighted by molar-refractivity contribution is 0.180. The molecule has 0 aliphatic heterocycles. The van der Waals surface area contributed by atoms with Gasteiger partial charge in [0.15, 0.2) is 0 Å². The Balaban J connectivity index is 2.04. The Morgan fingerprint density at radius 1 is 1.35 bits per heavy atom. The number of aryl methyl sites for hydroxylation is 1. The van der Waals surface area contributed by atoms with Gasteiger partial charge < -0.3 is 5.11 Å². The maximum Gasteiger partial charge on any atom is 0.268 e. The molecule has 0 saturated heterocycles. The van der Waals surface area contributed by atoms with Gasteiger partial charge in [-0.3, -0.25) is 8.75 Å². The minimum absolute atomic E-state index is 0.114. The van der Waals surface area contributed by atoms with Gasteiger partial charge in [0.25, 0.3) is 5.56 Å². The van der Waals surface area contributed by atoms with Crippen LogP contribution in [0.5, 0.6) is 0 Å². The number of aliphatic hydroxyl groups is 1.